The highest BCUT2D eigenvalue weighted by Gasteiger charge is 2.32. The molecular weight excluding hydrogens is 641 g/mol. The third-order valence-corrected chi connectivity index (χ3v) is 9.51. The molecule has 0 unspecified atom stereocenters. The quantitative estimate of drug-likeness (QED) is 0.126. The summed E-state index contributed by atoms with van der Waals surface area (Å²) in [7, 11) is 3.97. The standard InChI is InChI=1S/C38H42FN5O6/c1-38(2,3)50-37(48)41-21-12-15-43(19-21)32-28(39)16-26-31-35(32)49-30-18-25-24(22-10-6-7-11-23(22)33(25)45)17-29(30)44(31)20-27(34(26)46)36(47)40-13-8-9-14-42(4)5/h7,11,16-18,20-21H,6,8-10,12-15,19H2,1-5H3,(H,40,47)(H,41,48)/t21-/m0/s1. The van der Waals surface area contributed by atoms with Crippen LogP contribution in [0.25, 0.3) is 44.4 Å². The van der Waals surface area contributed by atoms with Gasteiger partial charge in [-0.3, -0.25) is 14.4 Å². The van der Waals surface area contributed by atoms with E-state index in [1.807, 2.05) is 32.3 Å². The Balaban J connectivity index is 1.38. The summed E-state index contributed by atoms with van der Waals surface area (Å²) in [5.41, 5.74) is 1.54. The molecule has 5 aromatic rings. The zero-order valence-corrected chi connectivity index (χ0v) is 29.1. The normalized spacial score (nSPS) is 16.3. The average Bonchev–Trinajstić information content (AvgIpc) is 3.61. The van der Waals surface area contributed by atoms with Crippen molar-refractivity contribution in [3.05, 3.63) is 73.4 Å². The molecule has 50 heavy (non-hydrogen) atoms. The summed E-state index contributed by atoms with van der Waals surface area (Å²) in [4.78, 5) is 57.3. The first-order valence-electron chi connectivity index (χ1n) is 17.2. The largest absolute Gasteiger partial charge is 0.451 e. The Morgan fingerprint density at radius 1 is 1.08 bits per heavy atom. The van der Waals surface area contributed by atoms with E-state index in [1.165, 1.54) is 12.3 Å². The second kappa shape index (κ2) is 12.7. The van der Waals surface area contributed by atoms with Crippen LogP contribution in [0.5, 0.6) is 0 Å². The number of amides is 2. The van der Waals surface area contributed by atoms with Gasteiger partial charge in [-0.25, -0.2) is 9.18 Å². The first kappa shape index (κ1) is 33.5. The molecule has 3 heterocycles. The minimum absolute atomic E-state index is 0.00636. The van der Waals surface area contributed by atoms with E-state index in [2.05, 4.69) is 15.5 Å². The van der Waals surface area contributed by atoms with Gasteiger partial charge < -0.3 is 34.0 Å². The zero-order valence-electron chi connectivity index (χ0n) is 29.1. The maximum absolute atomic E-state index is 16.4. The van der Waals surface area contributed by atoms with Gasteiger partial charge in [0.1, 0.15) is 22.4 Å². The highest BCUT2D eigenvalue weighted by atomic mass is 19.1. The maximum atomic E-state index is 16.4. The van der Waals surface area contributed by atoms with Gasteiger partial charge in [0.2, 0.25) is 5.43 Å². The van der Waals surface area contributed by atoms with Gasteiger partial charge in [0.05, 0.1) is 16.9 Å². The summed E-state index contributed by atoms with van der Waals surface area (Å²) in [6.45, 7) is 7.27. The van der Waals surface area contributed by atoms with Crippen molar-refractivity contribution in [3.63, 3.8) is 0 Å². The van der Waals surface area contributed by atoms with Crippen LogP contribution in [0.1, 0.15) is 67.9 Å². The molecular formula is C38H42FN5O6. The molecule has 0 saturated carbocycles. The number of ether oxygens (including phenoxy) is 1. The van der Waals surface area contributed by atoms with Crippen LogP contribution in [0.2, 0.25) is 0 Å². The lowest BCUT2D eigenvalue weighted by Crippen LogP contribution is -2.40. The Kier molecular flexibility index (Phi) is 8.53. The number of unbranched alkanes of at least 4 members (excludes halogenated alkanes) is 1. The fourth-order valence-corrected chi connectivity index (χ4v) is 7.25. The van der Waals surface area contributed by atoms with Gasteiger partial charge in [-0.05, 0) is 103 Å². The Hall–Kier alpha value is -4.97. The predicted octanol–water partition coefficient (Wildman–Crippen LogP) is 5.42. The van der Waals surface area contributed by atoms with E-state index in [0.29, 0.717) is 53.5 Å². The van der Waals surface area contributed by atoms with Crippen molar-refractivity contribution >= 4 is 62.1 Å². The summed E-state index contributed by atoms with van der Waals surface area (Å²) in [6.07, 6.45) is 8.45. The van der Waals surface area contributed by atoms with Gasteiger partial charge in [0.15, 0.2) is 22.4 Å². The number of allylic oxidation sites excluding steroid dienone is 1. The minimum atomic E-state index is -0.696. The summed E-state index contributed by atoms with van der Waals surface area (Å²) in [5.74, 6) is -1.24. The molecule has 0 spiro atoms. The number of carbonyl (C=O) groups is 2. The van der Waals surface area contributed by atoms with Gasteiger partial charge in [0.25, 0.3) is 5.91 Å². The van der Waals surface area contributed by atoms with E-state index >= 15 is 4.39 Å². The minimum Gasteiger partial charge on any atom is -0.451 e. The van der Waals surface area contributed by atoms with Crippen molar-refractivity contribution < 1.29 is 23.1 Å². The molecule has 2 aliphatic rings. The second-order valence-electron chi connectivity index (χ2n) is 14.6. The number of carbonyl (C=O) groups excluding carboxylic acids is 2. The van der Waals surface area contributed by atoms with Crippen LogP contribution in [0.3, 0.4) is 0 Å². The highest BCUT2D eigenvalue weighted by molar-refractivity contribution is 6.08. The van der Waals surface area contributed by atoms with Crippen LogP contribution in [-0.4, -0.2) is 73.2 Å². The van der Waals surface area contributed by atoms with E-state index < -0.39 is 28.8 Å². The number of nitrogens with zero attached hydrogens (tertiary/aromatic N) is 3. The molecule has 1 atom stereocenters. The summed E-state index contributed by atoms with van der Waals surface area (Å²) in [5, 5.41) is 7.03. The lowest BCUT2D eigenvalue weighted by Gasteiger charge is -2.24. The van der Waals surface area contributed by atoms with Crippen molar-refractivity contribution in [1.29, 1.82) is 0 Å². The first-order chi connectivity index (χ1) is 23.8. The predicted molar refractivity (Wildman–Crippen MR) is 193 cm³/mol. The molecule has 12 heteroatoms. The number of hydrogen-bond donors (Lipinski definition) is 2. The third-order valence-electron chi connectivity index (χ3n) is 9.51. The van der Waals surface area contributed by atoms with Crippen LogP contribution in [0.15, 0.2) is 44.5 Å². The topological polar surface area (TPSA) is 126 Å². The molecule has 2 amide bonds. The number of halogens is 1. The number of aromatic nitrogens is 1. The number of rotatable bonds is 8. The molecule has 2 aromatic heterocycles. The van der Waals surface area contributed by atoms with Crippen molar-refractivity contribution in [1.82, 2.24) is 19.9 Å². The lowest BCUT2D eigenvalue weighted by molar-refractivity contribution is 0.0508. The SMILES string of the molecule is CN(C)CCCCNC(=O)c1cn2c3cc4c5c(c(=O)c4cc3oc3c(N4CC[C@H](NC(=O)OC(C)(C)C)C4)c(F)cc(c1=O)c32)C=CCC5. The Bertz CT molecular complexity index is 2320. The molecule has 262 valence electrons. The van der Waals surface area contributed by atoms with Gasteiger partial charge in [0, 0.05) is 36.8 Å². The maximum Gasteiger partial charge on any atom is 0.407 e. The zero-order chi connectivity index (χ0) is 35.5. The average molecular weight is 684 g/mol. The fraction of sp³-hybridized carbons (Fsp3) is 0.421. The van der Waals surface area contributed by atoms with Gasteiger partial charge in [-0.1, -0.05) is 12.2 Å². The number of anilines is 1. The van der Waals surface area contributed by atoms with E-state index in [0.717, 1.165) is 36.8 Å². The van der Waals surface area contributed by atoms with Crippen LogP contribution in [-0.2, 0) is 11.2 Å². The smallest absolute Gasteiger partial charge is 0.407 e. The summed E-state index contributed by atoms with van der Waals surface area (Å²) < 4.78 is 30.0. The lowest BCUT2D eigenvalue weighted by atomic mass is 10.00. The van der Waals surface area contributed by atoms with E-state index in [1.54, 1.807) is 36.1 Å². The second-order valence-corrected chi connectivity index (χ2v) is 14.6. The van der Waals surface area contributed by atoms with E-state index in [4.69, 9.17) is 9.15 Å². The number of pyridine rings is 1. The van der Waals surface area contributed by atoms with Crippen molar-refractivity contribution in [2.75, 3.05) is 45.2 Å². The Labute approximate surface area is 288 Å². The Morgan fingerprint density at radius 3 is 2.64 bits per heavy atom. The van der Waals surface area contributed by atoms with Crippen LogP contribution < -0.4 is 26.4 Å². The molecule has 3 aromatic carbocycles. The molecule has 1 fully saturated rings. The third kappa shape index (κ3) is 6.06. The number of fused-ring (bicyclic) bond motifs is 5. The van der Waals surface area contributed by atoms with Crippen molar-refractivity contribution in [2.24, 2.45) is 0 Å². The summed E-state index contributed by atoms with van der Waals surface area (Å²) in [6, 6.07) is 4.41. The van der Waals surface area contributed by atoms with E-state index in [-0.39, 0.29) is 40.2 Å². The van der Waals surface area contributed by atoms with Crippen molar-refractivity contribution in [3.8, 4) is 0 Å². The number of aryl methyl sites for hydroxylation is 1. The summed E-state index contributed by atoms with van der Waals surface area (Å²) >= 11 is 0. The van der Waals surface area contributed by atoms with E-state index in [9.17, 15) is 19.2 Å². The molecule has 2 N–H and O–H groups in total. The highest BCUT2D eigenvalue weighted by Crippen LogP contribution is 2.39. The monoisotopic (exact) mass is 683 g/mol. The molecule has 1 aliphatic heterocycles. The van der Waals surface area contributed by atoms with Gasteiger partial charge in [-0.15, -0.1) is 0 Å². The van der Waals surface area contributed by atoms with Crippen LogP contribution in [0.4, 0.5) is 14.9 Å². The number of alkyl carbamates (subject to hydrolysis) is 1. The number of nitrogens with one attached hydrogen (secondary N) is 2. The van der Waals surface area contributed by atoms with Gasteiger partial charge >= 0.3 is 6.09 Å². The molecule has 1 aliphatic carbocycles. The molecule has 0 radical (unpaired) electrons. The van der Waals surface area contributed by atoms with Crippen LogP contribution in [0, 0.1) is 5.82 Å². The first-order valence-corrected chi connectivity index (χ1v) is 17.2. The molecule has 1 saturated heterocycles. The van der Waals surface area contributed by atoms with Crippen LogP contribution >= 0.6 is 0 Å². The number of hydrogen-bond acceptors (Lipinski definition) is 8. The fourth-order valence-electron chi connectivity index (χ4n) is 7.25. The molecule has 0 bridgehead atoms. The van der Waals surface area contributed by atoms with Gasteiger partial charge in [-0.2, -0.15) is 0 Å². The molecule has 7 rings (SSSR count). The number of benzene rings is 2. The van der Waals surface area contributed by atoms with Crippen molar-refractivity contribution in [2.45, 2.75) is 64.5 Å². The molecule has 11 nitrogen and oxygen atoms in total. The Morgan fingerprint density at radius 2 is 1.88 bits per heavy atom.